The van der Waals surface area contributed by atoms with Crippen molar-refractivity contribution in [1.29, 1.82) is 0 Å². The van der Waals surface area contributed by atoms with E-state index in [4.69, 9.17) is 14.1 Å². The summed E-state index contributed by atoms with van der Waals surface area (Å²) in [6.45, 7) is 11.0. The molecule has 0 atom stereocenters. The summed E-state index contributed by atoms with van der Waals surface area (Å²) in [6.07, 6.45) is 3.68. The van der Waals surface area contributed by atoms with Gasteiger partial charge in [-0.2, -0.15) is 0 Å². The van der Waals surface area contributed by atoms with Crippen molar-refractivity contribution >= 4 is 28.8 Å². The van der Waals surface area contributed by atoms with Crippen LogP contribution in [0.1, 0.15) is 33.3 Å². The number of ether oxygens (including phenoxy) is 1. The minimum Gasteiger partial charge on any atom is -0.462 e. The van der Waals surface area contributed by atoms with Crippen LogP contribution in [0.15, 0.2) is 71.5 Å². The number of aromatic nitrogens is 1. The van der Waals surface area contributed by atoms with Gasteiger partial charge in [-0.1, -0.05) is 36.4 Å². The predicted molar refractivity (Wildman–Crippen MR) is 157 cm³/mol. The molecule has 0 bridgehead atoms. The van der Waals surface area contributed by atoms with Gasteiger partial charge in [0.15, 0.2) is 5.58 Å². The smallest absolute Gasteiger partial charge is 0.410 e. The van der Waals surface area contributed by atoms with Gasteiger partial charge in [0.25, 0.3) is 0 Å². The van der Waals surface area contributed by atoms with Crippen molar-refractivity contribution in [2.75, 3.05) is 37.6 Å². The number of fused-ring (bicyclic) bond motifs is 1. The number of piperazine rings is 1. The molecule has 1 fully saturated rings. The summed E-state index contributed by atoms with van der Waals surface area (Å²) in [5.41, 5.74) is 6.97. The molecule has 0 spiro atoms. The summed E-state index contributed by atoms with van der Waals surface area (Å²) in [7, 11) is 0. The van der Waals surface area contributed by atoms with Crippen molar-refractivity contribution in [2.24, 2.45) is 0 Å². The monoisotopic (exact) mass is 540 g/mol. The van der Waals surface area contributed by atoms with Crippen molar-refractivity contribution in [3.05, 3.63) is 72.6 Å². The molecular weight excluding hydrogens is 504 g/mol. The summed E-state index contributed by atoms with van der Waals surface area (Å²) in [4.78, 5) is 33.2. The lowest BCUT2D eigenvalue weighted by Gasteiger charge is -2.36. The second-order valence-electron chi connectivity index (χ2n) is 11.1. The van der Waals surface area contributed by atoms with Crippen LogP contribution in [0, 0.1) is 0 Å². The van der Waals surface area contributed by atoms with E-state index in [-0.39, 0.29) is 12.0 Å². The Morgan fingerprint density at radius 2 is 1.73 bits per heavy atom. The molecule has 0 saturated carbocycles. The number of hydrogen-bond acceptors (Lipinski definition) is 6. The Bertz CT molecular complexity index is 1500. The highest BCUT2D eigenvalue weighted by Crippen LogP contribution is 2.33. The molecule has 8 heteroatoms. The van der Waals surface area contributed by atoms with Crippen LogP contribution in [0.2, 0.25) is 0 Å². The first-order valence-electron chi connectivity index (χ1n) is 13.8. The van der Waals surface area contributed by atoms with E-state index in [2.05, 4.69) is 34.5 Å². The first kappa shape index (κ1) is 27.2. The minimum atomic E-state index is -0.488. The van der Waals surface area contributed by atoms with Gasteiger partial charge in [-0.3, -0.25) is 9.78 Å². The number of amides is 2. The number of pyridine rings is 1. The van der Waals surface area contributed by atoms with Crippen LogP contribution in [-0.4, -0.2) is 60.2 Å². The lowest BCUT2D eigenvalue weighted by atomic mass is 10.0. The van der Waals surface area contributed by atoms with Gasteiger partial charge in [-0.15, -0.1) is 0 Å². The molecule has 0 unspecified atom stereocenters. The summed E-state index contributed by atoms with van der Waals surface area (Å²) in [5, 5.41) is 2.84. The first-order valence-corrected chi connectivity index (χ1v) is 13.8. The number of anilines is 1. The molecule has 3 heterocycles. The fourth-order valence-corrected chi connectivity index (χ4v) is 4.91. The first-order chi connectivity index (χ1) is 19.2. The number of nitrogens with one attached hydrogen (secondary N) is 1. The normalized spacial score (nSPS) is 13.9. The SMILES string of the molecule is CCNC(=O)Cc1cccc(-c2coc3cc(-c4ccc(N5CCN(C(=O)OC(C)(C)C)CC5)cc4)cnc23)c1. The molecule has 4 aromatic rings. The average Bonchev–Trinajstić information content (AvgIpc) is 3.36. The van der Waals surface area contributed by atoms with Crippen molar-refractivity contribution in [3.63, 3.8) is 0 Å². The van der Waals surface area contributed by atoms with E-state index in [0.717, 1.165) is 52.1 Å². The Morgan fingerprint density at radius 3 is 2.42 bits per heavy atom. The third kappa shape index (κ3) is 6.28. The topological polar surface area (TPSA) is 87.9 Å². The van der Waals surface area contributed by atoms with Crippen molar-refractivity contribution in [3.8, 4) is 22.3 Å². The number of benzene rings is 2. The Hall–Kier alpha value is -4.33. The molecule has 5 rings (SSSR count). The van der Waals surface area contributed by atoms with Crippen molar-refractivity contribution in [2.45, 2.75) is 39.7 Å². The molecule has 2 amide bonds. The molecule has 1 N–H and O–H groups in total. The van der Waals surface area contributed by atoms with Crippen LogP contribution in [0.5, 0.6) is 0 Å². The second-order valence-corrected chi connectivity index (χ2v) is 11.1. The highest BCUT2D eigenvalue weighted by atomic mass is 16.6. The molecule has 1 aliphatic rings. The van der Waals surface area contributed by atoms with Crippen molar-refractivity contribution < 1.29 is 18.7 Å². The van der Waals surface area contributed by atoms with Crippen LogP contribution in [0.25, 0.3) is 33.4 Å². The third-order valence-corrected chi connectivity index (χ3v) is 6.89. The standard InChI is InChI=1S/C32H36N4O4/c1-5-33-29(37)18-22-7-6-8-24(17-22)27-21-39-28-19-25(20-34-30(27)28)23-9-11-26(12-10-23)35-13-15-36(16-14-35)31(38)40-32(2,3)4/h6-12,17,19-21H,5,13-16,18H2,1-4H3,(H,33,37). The van der Waals surface area contributed by atoms with Gasteiger partial charge in [-0.25, -0.2) is 4.79 Å². The van der Waals surface area contributed by atoms with Crippen LogP contribution >= 0.6 is 0 Å². The zero-order valence-electron chi connectivity index (χ0n) is 23.6. The van der Waals surface area contributed by atoms with Gasteiger partial charge < -0.3 is 24.3 Å². The molecule has 208 valence electrons. The fraction of sp³-hybridized carbons (Fsp3) is 0.344. The molecule has 0 aliphatic carbocycles. The summed E-state index contributed by atoms with van der Waals surface area (Å²) in [6, 6.07) is 18.3. The molecule has 1 aliphatic heterocycles. The molecular formula is C32H36N4O4. The van der Waals surface area contributed by atoms with Crippen LogP contribution in [-0.2, 0) is 16.0 Å². The molecule has 1 saturated heterocycles. The average molecular weight is 541 g/mol. The zero-order chi connectivity index (χ0) is 28.3. The van der Waals surface area contributed by atoms with E-state index >= 15 is 0 Å². The Labute approximate surface area is 234 Å². The van der Waals surface area contributed by atoms with Gasteiger partial charge in [0.05, 0.1) is 6.42 Å². The summed E-state index contributed by atoms with van der Waals surface area (Å²) in [5.74, 6) is 0.00791. The minimum absolute atomic E-state index is 0.00791. The number of carbonyl (C=O) groups excluding carboxylic acids is 2. The molecule has 8 nitrogen and oxygen atoms in total. The maximum Gasteiger partial charge on any atom is 0.410 e. The maximum atomic E-state index is 12.4. The fourth-order valence-electron chi connectivity index (χ4n) is 4.91. The Balaban J connectivity index is 1.26. The largest absolute Gasteiger partial charge is 0.462 e. The number of rotatable bonds is 6. The summed E-state index contributed by atoms with van der Waals surface area (Å²) >= 11 is 0. The number of hydrogen-bond donors (Lipinski definition) is 1. The highest BCUT2D eigenvalue weighted by molar-refractivity contribution is 5.93. The number of likely N-dealkylation sites (N-methyl/N-ethyl adjacent to an activating group) is 1. The van der Waals surface area contributed by atoms with Crippen LogP contribution in [0.4, 0.5) is 10.5 Å². The Morgan fingerprint density at radius 1 is 0.975 bits per heavy atom. The van der Waals surface area contributed by atoms with Gasteiger partial charge in [0.1, 0.15) is 17.4 Å². The van der Waals surface area contributed by atoms with Crippen molar-refractivity contribution in [1.82, 2.24) is 15.2 Å². The van der Waals surface area contributed by atoms with Gasteiger partial charge in [-0.05, 0) is 62.6 Å². The molecule has 0 radical (unpaired) electrons. The zero-order valence-corrected chi connectivity index (χ0v) is 23.6. The van der Waals surface area contributed by atoms with E-state index in [1.54, 1.807) is 11.2 Å². The van der Waals surface area contributed by atoms with E-state index in [1.165, 1.54) is 0 Å². The van der Waals surface area contributed by atoms with E-state index < -0.39 is 5.60 Å². The summed E-state index contributed by atoms with van der Waals surface area (Å²) < 4.78 is 11.4. The van der Waals surface area contributed by atoms with E-state index in [9.17, 15) is 9.59 Å². The van der Waals surface area contributed by atoms with Gasteiger partial charge in [0, 0.05) is 55.7 Å². The maximum absolute atomic E-state index is 12.4. The molecule has 2 aromatic carbocycles. The van der Waals surface area contributed by atoms with E-state index in [0.29, 0.717) is 31.6 Å². The van der Waals surface area contributed by atoms with Gasteiger partial charge >= 0.3 is 6.09 Å². The van der Waals surface area contributed by atoms with E-state index in [1.807, 2.05) is 64.2 Å². The lowest BCUT2D eigenvalue weighted by Crippen LogP contribution is -2.50. The highest BCUT2D eigenvalue weighted by Gasteiger charge is 2.26. The van der Waals surface area contributed by atoms with Crippen LogP contribution < -0.4 is 10.2 Å². The Kier molecular flexibility index (Phi) is 7.78. The quantitative estimate of drug-likeness (QED) is 0.328. The third-order valence-electron chi connectivity index (χ3n) is 6.89. The number of nitrogens with zero attached hydrogens (tertiary/aromatic N) is 3. The second kappa shape index (κ2) is 11.4. The molecule has 40 heavy (non-hydrogen) atoms. The van der Waals surface area contributed by atoms with Gasteiger partial charge in [0.2, 0.25) is 5.91 Å². The number of furan rings is 1. The lowest BCUT2D eigenvalue weighted by molar-refractivity contribution is -0.120. The predicted octanol–water partition coefficient (Wildman–Crippen LogP) is 5.90. The molecule has 2 aromatic heterocycles. The van der Waals surface area contributed by atoms with Crippen LogP contribution in [0.3, 0.4) is 0 Å². The number of carbonyl (C=O) groups is 2.